The quantitative estimate of drug-likeness (QED) is 0.171. The molecule has 0 bridgehead atoms. The number of aryl methyl sites for hydroxylation is 1. The van der Waals surface area contributed by atoms with E-state index in [0.717, 1.165) is 27.9 Å². The molecule has 12 heteroatoms. The molecule has 0 radical (unpaired) electrons. The van der Waals surface area contributed by atoms with Crippen LogP contribution in [0.15, 0.2) is 53.3 Å². The van der Waals surface area contributed by atoms with E-state index in [1.807, 2.05) is 42.7 Å². The summed E-state index contributed by atoms with van der Waals surface area (Å²) in [7, 11) is 4.66. The number of hydrogen-bond acceptors (Lipinski definition) is 9. The highest BCUT2D eigenvalue weighted by Crippen LogP contribution is 2.50. The molecule has 0 fully saturated rings. The van der Waals surface area contributed by atoms with Gasteiger partial charge in [0.1, 0.15) is 5.82 Å². The van der Waals surface area contributed by atoms with Crippen LogP contribution >= 0.6 is 11.8 Å². The molecule has 1 heterocycles. The Bertz CT molecular complexity index is 1780. The van der Waals surface area contributed by atoms with Gasteiger partial charge in [0.25, 0.3) is 0 Å². The topological polar surface area (TPSA) is 144 Å². The lowest BCUT2D eigenvalue weighted by Crippen LogP contribution is -2.34. The van der Waals surface area contributed by atoms with Crippen LogP contribution in [0.5, 0.6) is 17.2 Å². The number of nitrogens with zero attached hydrogens (tertiary/aromatic N) is 1. The molecule has 4 aromatic rings. The third kappa shape index (κ3) is 6.91. The molecule has 1 aliphatic carbocycles. The summed E-state index contributed by atoms with van der Waals surface area (Å²) in [5.74, 6) is 2.45. The van der Waals surface area contributed by atoms with Gasteiger partial charge in [-0.1, -0.05) is 18.2 Å². The number of anilines is 1. The predicted molar refractivity (Wildman–Crippen MR) is 181 cm³/mol. The number of thioether (sulfide) groups is 1. The zero-order chi connectivity index (χ0) is 32.8. The number of aromatic nitrogens is 2. The van der Waals surface area contributed by atoms with Gasteiger partial charge in [0.2, 0.25) is 23.0 Å². The number of amides is 2. The zero-order valence-electron chi connectivity index (χ0n) is 26.6. The third-order valence-corrected chi connectivity index (χ3v) is 8.68. The Hall–Kier alpha value is -4.71. The number of aromatic amines is 1. The number of methoxy groups -OCH3 is 3. The summed E-state index contributed by atoms with van der Waals surface area (Å²) in [6.45, 7) is 1.33. The van der Waals surface area contributed by atoms with Gasteiger partial charge in [-0.25, -0.2) is 4.98 Å². The lowest BCUT2D eigenvalue weighted by molar-refractivity contribution is -0.120. The van der Waals surface area contributed by atoms with Gasteiger partial charge < -0.3 is 35.1 Å². The Kier molecular flexibility index (Phi) is 10.4. The summed E-state index contributed by atoms with van der Waals surface area (Å²) < 4.78 is 17.1. The summed E-state index contributed by atoms with van der Waals surface area (Å²) in [5.41, 5.74) is 4.70. The van der Waals surface area contributed by atoms with E-state index in [4.69, 9.17) is 14.2 Å². The van der Waals surface area contributed by atoms with Crippen LogP contribution in [0.25, 0.3) is 22.2 Å². The molecular weight excluding hydrogens is 606 g/mol. The van der Waals surface area contributed by atoms with Crippen molar-refractivity contribution in [2.45, 2.75) is 38.3 Å². The maximum Gasteiger partial charge on any atom is 0.239 e. The molecule has 3 aromatic carbocycles. The van der Waals surface area contributed by atoms with E-state index in [2.05, 4.69) is 25.9 Å². The monoisotopic (exact) mass is 645 g/mol. The van der Waals surface area contributed by atoms with Crippen LogP contribution in [-0.2, 0) is 16.0 Å². The number of carbonyl (C=O) groups is 2. The number of para-hydroxylation sites is 2. The molecule has 0 saturated heterocycles. The van der Waals surface area contributed by atoms with E-state index in [-0.39, 0.29) is 35.5 Å². The lowest BCUT2D eigenvalue weighted by Gasteiger charge is -2.19. The number of imidazole rings is 1. The maximum atomic E-state index is 13.6. The molecule has 1 aromatic heterocycles. The number of H-pyrrole nitrogens is 1. The second-order valence-corrected chi connectivity index (χ2v) is 12.0. The number of nitrogens with one attached hydrogen (secondary N) is 4. The molecule has 0 saturated carbocycles. The fraction of sp³-hybridized carbons (Fsp3) is 0.353. The van der Waals surface area contributed by atoms with Crippen molar-refractivity contribution in [3.63, 3.8) is 0 Å². The first kappa shape index (κ1) is 32.7. The molecule has 5 rings (SSSR count). The average molecular weight is 646 g/mol. The molecule has 2 amide bonds. The Morgan fingerprint density at radius 2 is 1.85 bits per heavy atom. The molecule has 4 N–H and O–H groups in total. The van der Waals surface area contributed by atoms with E-state index in [1.54, 1.807) is 32.0 Å². The molecule has 242 valence electrons. The molecular formula is C34H39N5O6S. The van der Waals surface area contributed by atoms with Gasteiger partial charge in [-0.3, -0.25) is 14.4 Å². The minimum absolute atomic E-state index is 0.125. The SMILES string of the molecule is COc1cc2c(c(OC)c1OC)-c1ccc(NCC(=O)N[C@@H](CCSC)c3nc4ccccc4[nH]3)c(=O)cc1[C@@H](NC(C)=O)CC2. The van der Waals surface area contributed by atoms with Crippen LogP contribution in [0.2, 0.25) is 0 Å². The van der Waals surface area contributed by atoms with E-state index < -0.39 is 6.04 Å². The van der Waals surface area contributed by atoms with Gasteiger partial charge in [0, 0.05) is 12.5 Å². The first-order chi connectivity index (χ1) is 22.3. The summed E-state index contributed by atoms with van der Waals surface area (Å²) in [6, 6.07) is 13.9. The van der Waals surface area contributed by atoms with Gasteiger partial charge in [0.05, 0.1) is 56.7 Å². The smallest absolute Gasteiger partial charge is 0.239 e. The van der Waals surface area contributed by atoms with Gasteiger partial charge in [0.15, 0.2) is 11.5 Å². The third-order valence-electron chi connectivity index (χ3n) is 8.04. The number of hydrogen-bond donors (Lipinski definition) is 4. The summed E-state index contributed by atoms with van der Waals surface area (Å²) in [4.78, 5) is 47.1. The van der Waals surface area contributed by atoms with Crippen LogP contribution in [0.3, 0.4) is 0 Å². The van der Waals surface area contributed by atoms with Crippen LogP contribution in [0, 0.1) is 0 Å². The van der Waals surface area contributed by atoms with Crippen molar-refractivity contribution in [2.24, 2.45) is 0 Å². The highest BCUT2D eigenvalue weighted by Gasteiger charge is 2.29. The first-order valence-corrected chi connectivity index (χ1v) is 16.4. The molecule has 0 aliphatic heterocycles. The molecule has 0 spiro atoms. The van der Waals surface area contributed by atoms with Crippen molar-refractivity contribution >= 4 is 40.3 Å². The fourth-order valence-electron chi connectivity index (χ4n) is 5.93. The Balaban J connectivity index is 1.47. The van der Waals surface area contributed by atoms with Crippen LogP contribution in [-0.4, -0.2) is 61.7 Å². The van der Waals surface area contributed by atoms with Gasteiger partial charge in [-0.2, -0.15) is 11.8 Å². The number of benzene rings is 2. The average Bonchev–Trinajstić information content (AvgIpc) is 3.35. The molecule has 11 nitrogen and oxygen atoms in total. The van der Waals surface area contributed by atoms with Crippen LogP contribution in [0.4, 0.5) is 5.69 Å². The molecule has 2 atom stereocenters. The van der Waals surface area contributed by atoms with Crippen molar-refractivity contribution in [3.05, 3.63) is 75.7 Å². The second kappa shape index (κ2) is 14.6. The van der Waals surface area contributed by atoms with Gasteiger partial charge >= 0.3 is 0 Å². The first-order valence-electron chi connectivity index (χ1n) is 15.0. The molecule has 46 heavy (non-hydrogen) atoms. The van der Waals surface area contributed by atoms with Crippen LogP contribution in [0.1, 0.15) is 48.8 Å². The number of rotatable bonds is 12. The molecule has 1 aliphatic rings. The van der Waals surface area contributed by atoms with Crippen molar-refractivity contribution in [3.8, 4) is 28.4 Å². The summed E-state index contributed by atoms with van der Waals surface area (Å²) in [6.07, 6.45) is 3.85. The Morgan fingerprint density at radius 1 is 1.07 bits per heavy atom. The van der Waals surface area contributed by atoms with Crippen molar-refractivity contribution < 1.29 is 23.8 Å². The highest BCUT2D eigenvalue weighted by atomic mass is 32.2. The van der Waals surface area contributed by atoms with Crippen molar-refractivity contribution in [1.29, 1.82) is 0 Å². The predicted octanol–water partition coefficient (Wildman–Crippen LogP) is 4.76. The second-order valence-electron chi connectivity index (χ2n) is 11.0. The Morgan fingerprint density at radius 3 is 2.54 bits per heavy atom. The van der Waals surface area contributed by atoms with Gasteiger partial charge in [-0.05, 0) is 78.3 Å². The fourth-order valence-corrected chi connectivity index (χ4v) is 6.40. The minimum Gasteiger partial charge on any atom is -0.493 e. The van der Waals surface area contributed by atoms with Crippen molar-refractivity contribution in [2.75, 3.05) is 45.2 Å². The minimum atomic E-state index is -0.432. The van der Waals surface area contributed by atoms with Crippen LogP contribution < -0.4 is 35.6 Å². The zero-order valence-corrected chi connectivity index (χ0v) is 27.4. The van der Waals surface area contributed by atoms with Crippen molar-refractivity contribution in [1.82, 2.24) is 20.6 Å². The number of ether oxygens (including phenoxy) is 3. The summed E-state index contributed by atoms with van der Waals surface area (Å²) in [5, 5.41) is 9.11. The molecule has 0 unspecified atom stereocenters. The number of fused-ring (bicyclic) bond motifs is 4. The van der Waals surface area contributed by atoms with E-state index in [9.17, 15) is 14.4 Å². The lowest BCUT2D eigenvalue weighted by atomic mass is 9.95. The van der Waals surface area contributed by atoms with Gasteiger partial charge in [-0.15, -0.1) is 0 Å². The maximum absolute atomic E-state index is 13.6. The highest BCUT2D eigenvalue weighted by molar-refractivity contribution is 7.98. The van der Waals surface area contributed by atoms with E-state index in [0.29, 0.717) is 53.5 Å². The standard InChI is InChI=1S/C34H39N5O6S/c1-19(40)36-23-12-10-20-16-29(43-2)32(44-3)33(45-4)31(20)21-11-13-26(28(41)17-22(21)23)35-18-30(42)37-27(14-15-46-5)34-38-24-8-6-7-9-25(24)39-34/h6-9,11,13,16-17,23,27H,10,12,14-15,18H2,1-5H3,(H,35,41)(H,36,40)(H,37,42)(H,38,39)/t23-,27-/m0/s1. The van der Waals surface area contributed by atoms with E-state index >= 15 is 0 Å². The van der Waals surface area contributed by atoms with E-state index in [1.165, 1.54) is 20.1 Å². The largest absolute Gasteiger partial charge is 0.493 e. The summed E-state index contributed by atoms with van der Waals surface area (Å²) >= 11 is 1.69. The Labute approximate surface area is 271 Å². The normalized spacial score (nSPS) is 14.3. The number of carbonyl (C=O) groups excluding carboxylic acids is 2.